The Labute approximate surface area is 125 Å². The number of hydrogen-bond acceptors (Lipinski definition) is 7. The van der Waals surface area contributed by atoms with Crippen molar-refractivity contribution < 1.29 is 28.6 Å². The average molecular weight is 336 g/mol. The van der Waals surface area contributed by atoms with Gasteiger partial charge in [0.05, 0.1) is 6.10 Å². The first kappa shape index (κ1) is 17.1. The SMILES string of the molecule is COC1C(O[PH](=O)O)[C@@H](C(C)O)O[C@H]1n1ccc(=O)[nH]c1=O. The molecule has 10 nitrogen and oxygen atoms in total. The Morgan fingerprint density at radius 1 is 1.45 bits per heavy atom. The molecule has 124 valence electrons. The Morgan fingerprint density at radius 2 is 2.14 bits per heavy atom. The molecular formula is C11H17N2O8P. The van der Waals surface area contributed by atoms with E-state index in [1.807, 2.05) is 0 Å². The van der Waals surface area contributed by atoms with E-state index < -0.39 is 50.1 Å². The van der Waals surface area contributed by atoms with Crippen molar-refractivity contribution in [3.8, 4) is 0 Å². The molecule has 0 saturated carbocycles. The normalized spacial score (nSPS) is 31.1. The van der Waals surface area contributed by atoms with Gasteiger partial charge in [0.2, 0.25) is 0 Å². The van der Waals surface area contributed by atoms with Gasteiger partial charge in [-0.15, -0.1) is 0 Å². The molecule has 0 amide bonds. The van der Waals surface area contributed by atoms with Gasteiger partial charge >= 0.3 is 13.9 Å². The minimum atomic E-state index is -3.31. The third-order valence-electron chi connectivity index (χ3n) is 3.34. The van der Waals surface area contributed by atoms with Gasteiger partial charge in [-0.05, 0) is 6.92 Å². The van der Waals surface area contributed by atoms with Crippen molar-refractivity contribution in [2.45, 2.75) is 37.6 Å². The minimum Gasteiger partial charge on any atom is -0.391 e. The first-order valence-electron chi connectivity index (χ1n) is 6.42. The van der Waals surface area contributed by atoms with E-state index >= 15 is 0 Å². The van der Waals surface area contributed by atoms with Gasteiger partial charge in [-0.25, -0.2) is 4.79 Å². The van der Waals surface area contributed by atoms with Crippen LogP contribution in [0.5, 0.6) is 0 Å². The molecule has 0 aliphatic carbocycles. The summed E-state index contributed by atoms with van der Waals surface area (Å²) in [6.45, 7) is 1.42. The van der Waals surface area contributed by atoms with Crippen LogP contribution in [-0.4, -0.2) is 51.1 Å². The Morgan fingerprint density at radius 3 is 2.64 bits per heavy atom. The molecule has 1 aromatic rings. The molecule has 1 aliphatic heterocycles. The topological polar surface area (TPSA) is 140 Å². The number of H-pyrrole nitrogens is 1. The molecule has 1 fully saturated rings. The van der Waals surface area contributed by atoms with E-state index in [4.69, 9.17) is 18.9 Å². The van der Waals surface area contributed by atoms with Gasteiger partial charge in [0.1, 0.15) is 18.3 Å². The van der Waals surface area contributed by atoms with E-state index in [-0.39, 0.29) is 0 Å². The molecule has 0 aromatic carbocycles. The molecule has 3 N–H and O–H groups in total. The third kappa shape index (κ3) is 3.37. The van der Waals surface area contributed by atoms with E-state index in [0.717, 1.165) is 10.6 Å². The van der Waals surface area contributed by atoms with Crippen LogP contribution in [0.4, 0.5) is 0 Å². The van der Waals surface area contributed by atoms with Crippen LogP contribution in [0.2, 0.25) is 0 Å². The van der Waals surface area contributed by atoms with Crippen molar-refractivity contribution in [1.29, 1.82) is 0 Å². The molecule has 6 atom stereocenters. The summed E-state index contributed by atoms with van der Waals surface area (Å²) in [6, 6.07) is 1.12. The van der Waals surface area contributed by atoms with E-state index in [1.54, 1.807) is 0 Å². The molecular weight excluding hydrogens is 319 g/mol. The molecule has 22 heavy (non-hydrogen) atoms. The van der Waals surface area contributed by atoms with E-state index in [2.05, 4.69) is 4.98 Å². The quantitative estimate of drug-likeness (QED) is 0.558. The van der Waals surface area contributed by atoms with Crippen LogP contribution in [0, 0.1) is 0 Å². The number of aliphatic hydroxyl groups excluding tert-OH is 1. The smallest absolute Gasteiger partial charge is 0.330 e. The van der Waals surface area contributed by atoms with Crippen LogP contribution in [0.1, 0.15) is 13.2 Å². The summed E-state index contributed by atoms with van der Waals surface area (Å²) in [4.78, 5) is 34.0. The molecule has 4 unspecified atom stereocenters. The zero-order valence-electron chi connectivity index (χ0n) is 11.8. The predicted molar refractivity (Wildman–Crippen MR) is 73.8 cm³/mol. The lowest BCUT2D eigenvalue weighted by molar-refractivity contribution is -0.0817. The fraction of sp³-hybridized carbons (Fsp3) is 0.636. The molecule has 0 spiro atoms. The summed E-state index contributed by atoms with van der Waals surface area (Å²) in [7, 11) is -2.00. The second-order valence-corrected chi connectivity index (χ2v) is 5.57. The number of nitrogens with one attached hydrogen (secondary N) is 1. The van der Waals surface area contributed by atoms with Gasteiger partial charge in [-0.3, -0.25) is 18.9 Å². The summed E-state index contributed by atoms with van der Waals surface area (Å²) < 4.78 is 27.7. The summed E-state index contributed by atoms with van der Waals surface area (Å²) in [5, 5.41) is 9.75. The zero-order chi connectivity index (χ0) is 16.4. The van der Waals surface area contributed by atoms with E-state index in [9.17, 15) is 19.3 Å². The van der Waals surface area contributed by atoms with Crippen LogP contribution < -0.4 is 11.2 Å². The highest BCUT2D eigenvalue weighted by Crippen LogP contribution is 2.37. The largest absolute Gasteiger partial charge is 0.391 e. The van der Waals surface area contributed by atoms with Gasteiger partial charge in [0, 0.05) is 19.4 Å². The van der Waals surface area contributed by atoms with Crippen molar-refractivity contribution in [2.24, 2.45) is 0 Å². The zero-order valence-corrected chi connectivity index (χ0v) is 12.8. The van der Waals surface area contributed by atoms with E-state index in [1.165, 1.54) is 20.2 Å². The number of hydrogen-bond donors (Lipinski definition) is 3. The number of nitrogens with zero attached hydrogens (tertiary/aromatic N) is 1. The Balaban J connectivity index is 2.41. The average Bonchev–Trinajstić information content (AvgIpc) is 2.76. The second kappa shape index (κ2) is 6.86. The first-order chi connectivity index (χ1) is 10.3. The maximum Gasteiger partial charge on any atom is 0.330 e. The maximum atomic E-state index is 11.9. The summed E-state index contributed by atoms with van der Waals surface area (Å²) in [5.41, 5.74) is -1.31. The van der Waals surface area contributed by atoms with Gasteiger partial charge in [-0.1, -0.05) is 0 Å². The van der Waals surface area contributed by atoms with Gasteiger partial charge < -0.3 is 24.0 Å². The Kier molecular flexibility index (Phi) is 5.32. The van der Waals surface area contributed by atoms with E-state index in [0.29, 0.717) is 0 Å². The summed E-state index contributed by atoms with van der Waals surface area (Å²) >= 11 is 0. The molecule has 11 heteroatoms. The molecule has 2 rings (SSSR count). The van der Waals surface area contributed by atoms with Gasteiger partial charge in [-0.2, -0.15) is 0 Å². The molecule has 1 aromatic heterocycles. The number of aromatic amines is 1. The summed E-state index contributed by atoms with van der Waals surface area (Å²) in [5.74, 6) is 0. The molecule has 1 aliphatic rings. The van der Waals surface area contributed by atoms with Crippen molar-refractivity contribution in [1.82, 2.24) is 9.55 Å². The van der Waals surface area contributed by atoms with Crippen LogP contribution in [0.3, 0.4) is 0 Å². The second-order valence-electron chi connectivity index (χ2n) is 4.80. The van der Waals surface area contributed by atoms with Crippen molar-refractivity contribution in [3.05, 3.63) is 33.1 Å². The predicted octanol–water partition coefficient (Wildman–Crippen LogP) is -1.40. The molecule has 0 radical (unpaired) electrons. The highest BCUT2D eigenvalue weighted by Gasteiger charge is 2.49. The van der Waals surface area contributed by atoms with Crippen LogP contribution in [-0.2, 0) is 18.6 Å². The highest BCUT2D eigenvalue weighted by atomic mass is 31.1. The maximum absolute atomic E-state index is 11.9. The standard InChI is InChI=1S/C11H17N2O8P/c1-5(14)7-8(21-22(17)18)9(19-2)10(20-7)13-4-3-6(15)12-11(13)16/h3-5,7-10,14,22H,1-2H3,(H,17,18)(H,12,15,16)/t5?,7-,8?,9?,10-/m1/s1. The Bertz CT molecular complexity index is 656. The highest BCUT2D eigenvalue weighted by molar-refractivity contribution is 7.32. The lowest BCUT2D eigenvalue weighted by Gasteiger charge is -2.23. The number of methoxy groups -OCH3 is 1. The van der Waals surface area contributed by atoms with Gasteiger partial charge in [0.15, 0.2) is 6.23 Å². The third-order valence-corrected chi connectivity index (χ3v) is 3.81. The van der Waals surface area contributed by atoms with Crippen molar-refractivity contribution >= 4 is 8.25 Å². The van der Waals surface area contributed by atoms with Crippen LogP contribution >= 0.6 is 8.25 Å². The number of aliphatic hydroxyl groups is 1. The Hall–Kier alpha value is -1.29. The first-order valence-corrected chi connectivity index (χ1v) is 7.69. The van der Waals surface area contributed by atoms with Gasteiger partial charge in [0.25, 0.3) is 5.56 Å². The minimum absolute atomic E-state index is 0.575. The van der Waals surface area contributed by atoms with Crippen LogP contribution in [0.15, 0.2) is 21.9 Å². The molecule has 2 heterocycles. The fourth-order valence-corrected chi connectivity index (χ4v) is 2.91. The number of aromatic nitrogens is 2. The number of ether oxygens (including phenoxy) is 2. The lowest BCUT2D eigenvalue weighted by Crippen LogP contribution is -2.40. The number of rotatable bonds is 5. The summed E-state index contributed by atoms with van der Waals surface area (Å²) in [6.07, 6.45) is -3.81. The fourth-order valence-electron chi connectivity index (χ4n) is 2.41. The molecule has 0 bridgehead atoms. The van der Waals surface area contributed by atoms with Crippen molar-refractivity contribution in [3.63, 3.8) is 0 Å². The van der Waals surface area contributed by atoms with Crippen molar-refractivity contribution in [2.75, 3.05) is 7.11 Å². The monoisotopic (exact) mass is 336 g/mol. The molecule has 1 saturated heterocycles. The van der Waals surface area contributed by atoms with Crippen LogP contribution in [0.25, 0.3) is 0 Å². The lowest BCUT2D eigenvalue weighted by atomic mass is 10.1.